The summed E-state index contributed by atoms with van der Waals surface area (Å²) in [5.41, 5.74) is 3.88. The van der Waals surface area contributed by atoms with E-state index in [9.17, 15) is 9.59 Å². The second kappa shape index (κ2) is 7.56. The van der Waals surface area contributed by atoms with Crippen LogP contribution >= 0.6 is 0 Å². The number of amides is 2. The van der Waals surface area contributed by atoms with Gasteiger partial charge < -0.3 is 15.5 Å². The lowest BCUT2D eigenvalue weighted by atomic mass is 10.1. The first-order chi connectivity index (χ1) is 13.6. The van der Waals surface area contributed by atoms with Crippen LogP contribution in [0.2, 0.25) is 0 Å². The van der Waals surface area contributed by atoms with Gasteiger partial charge in [0.25, 0.3) is 11.8 Å². The second-order valence-electron chi connectivity index (χ2n) is 6.76. The number of carbonyl (C=O) groups excluding carboxylic acids is 2. The average Bonchev–Trinajstić information content (AvgIpc) is 3.15. The lowest BCUT2D eigenvalue weighted by Gasteiger charge is -2.20. The van der Waals surface area contributed by atoms with Crippen molar-refractivity contribution >= 4 is 23.2 Å². The fourth-order valence-corrected chi connectivity index (χ4v) is 3.30. The Morgan fingerprint density at radius 3 is 2.75 bits per heavy atom. The maximum atomic E-state index is 12.8. The molecule has 0 saturated carbocycles. The predicted octanol–water partition coefficient (Wildman–Crippen LogP) is 2.19. The first kappa shape index (κ1) is 17.8. The average molecular weight is 375 g/mol. The van der Waals surface area contributed by atoms with Gasteiger partial charge >= 0.3 is 0 Å². The van der Waals surface area contributed by atoms with Crippen LogP contribution in [0.4, 0.5) is 11.4 Å². The van der Waals surface area contributed by atoms with E-state index in [0.29, 0.717) is 13.0 Å². The van der Waals surface area contributed by atoms with E-state index < -0.39 is 6.04 Å². The van der Waals surface area contributed by atoms with E-state index in [1.165, 1.54) is 0 Å². The van der Waals surface area contributed by atoms with Gasteiger partial charge in [-0.25, -0.2) is 0 Å². The monoisotopic (exact) mass is 375 g/mol. The number of fused-ring (bicyclic) bond motifs is 1. The Labute approximate surface area is 162 Å². The molecular formula is C21H21N5O2. The van der Waals surface area contributed by atoms with Gasteiger partial charge in [-0.05, 0) is 23.8 Å². The standard InChI is InChI=1S/C21H21N5O2/c1-26-19-10-6-5-9-16(19)22-13-18(21(26)28)23-20(27)17-12-15(24-25-17)11-14-7-3-2-4-8-14/h2-10,12,18,22H,11,13H2,1H3,(H,23,27)(H,24,25)/t18-/m0/s1. The van der Waals surface area contributed by atoms with Crippen LogP contribution in [0.5, 0.6) is 0 Å². The van der Waals surface area contributed by atoms with Crippen molar-refractivity contribution in [3.8, 4) is 0 Å². The van der Waals surface area contributed by atoms with Crippen molar-refractivity contribution in [2.24, 2.45) is 0 Å². The smallest absolute Gasteiger partial charge is 0.272 e. The molecule has 1 aromatic heterocycles. The minimum Gasteiger partial charge on any atom is -0.381 e. The fraction of sp³-hybridized carbons (Fsp3) is 0.190. The predicted molar refractivity (Wildman–Crippen MR) is 107 cm³/mol. The van der Waals surface area contributed by atoms with Crippen LogP contribution < -0.4 is 15.5 Å². The highest BCUT2D eigenvalue weighted by Crippen LogP contribution is 2.27. The molecule has 7 heteroatoms. The molecule has 0 saturated heterocycles. The number of rotatable bonds is 4. The SMILES string of the molecule is CN1C(=O)[C@@H](NC(=O)c2cc(Cc3ccccc3)[nH]n2)CNc2ccccc21. The maximum Gasteiger partial charge on any atom is 0.272 e. The van der Waals surface area contributed by atoms with Gasteiger partial charge in [-0.15, -0.1) is 0 Å². The first-order valence-corrected chi connectivity index (χ1v) is 9.11. The quantitative estimate of drug-likeness (QED) is 0.652. The number of hydrogen-bond acceptors (Lipinski definition) is 4. The normalized spacial score (nSPS) is 16.1. The van der Waals surface area contributed by atoms with Crippen LogP contribution in [0, 0.1) is 0 Å². The summed E-state index contributed by atoms with van der Waals surface area (Å²) in [6.45, 7) is 0.313. The van der Waals surface area contributed by atoms with Crippen molar-refractivity contribution in [1.82, 2.24) is 15.5 Å². The molecule has 0 unspecified atom stereocenters. The summed E-state index contributed by atoms with van der Waals surface area (Å²) < 4.78 is 0. The lowest BCUT2D eigenvalue weighted by molar-refractivity contribution is -0.119. The number of anilines is 2. The third-order valence-corrected chi connectivity index (χ3v) is 4.80. The molecule has 3 aromatic rings. The molecule has 0 bridgehead atoms. The molecule has 142 valence electrons. The maximum absolute atomic E-state index is 12.8. The number of H-pyrrole nitrogens is 1. The number of nitrogens with one attached hydrogen (secondary N) is 3. The highest BCUT2D eigenvalue weighted by Gasteiger charge is 2.29. The van der Waals surface area contributed by atoms with Gasteiger partial charge in [0.2, 0.25) is 0 Å². The van der Waals surface area contributed by atoms with Gasteiger partial charge in [0.1, 0.15) is 11.7 Å². The van der Waals surface area contributed by atoms with Crippen LogP contribution in [-0.4, -0.2) is 41.6 Å². The summed E-state index contributed by atoms with van der Waals surface area (Å²) in [4.78, 5) is 26.9. The Morgan fingerprint density at radius 2 is 1.93 bits per heavy atom. The zero-order valence-corrected chi connectivity index (χ0v) is 15.5. The first-order valence-electron chi connectivity index (χ1n) is 9.11. The molecule has 2 amide bonds. The molecule has 4 rings (SSSR count). The highest BCUT2D eigenvalue weighted by molar-refractivity contribution is 6.04. The van der Waals surface area contributed by atoms with Crippen molar-refractivity contribution in [2.45, 2.75) is 12.5 Å². The van der Waals surface area contributed by atoms with Crippen molar-refractivity contribution in [3.63, 3.8) is 0 Å². The zero-order chi connectivity index (χ0) is 19.5. The van der Waals surface area contributed by atoms with Crippen LogP contribution in [0.15, 0.2) is 60.7 Å². The Bertz CT molecular complexity index is 999. The molecule has 2 aromatic carbocycles. The van der Waals surface area contributed by atoms with Crippen molar-refractivity contribution in [1.29, 1.82) is 0 Å². The minimum atomic E-state index is -0.681. The van der Waals surface area contributed by atoms with Crippen LogP contribution in [0.3, 0.4) is 0 Å². The third-order valence-electron chi connectivity index (χ3n) is 4.80. The van der Waals surface area contributed by atoms with E-state index in [4.69, 9.17) is 0 Å². The number of para-hydroxylation sites is 2. The summed E-state index contributed by atoms with van der Waals surface area (Å²) in [6.07, 6.45) is 0.656. The molecule has 1 aliphatic rings. The van der Waals surface area contributed by atoms with E-state index in [-0.39, 0.29) is 17.5 Å². The second-order valence-corrected chi connectivity index (χ2v) is 6.76. The zero-order valence-electron chi connectivity index (χ0n) is 15.5. The molecule has 1 atom stereocenters. The van der Waals surface area contributed by atoms with Crippen LogP contribution in [0.25, 0.3) is 0 Å². The Morgan fingerprint density at radius 1 is 1.18 bits per heavy atom. The summed E-state index contributed by atoms with van der Waals surface area (Å²) in [7, 11) is 1.71. The number of aromatic nitrogens is 2. The van der Waals surface area contributed by atoms with E-state index in [1.54, 1.807) is 18.0 Å². The van der Waals surface area contributed by atoms with E-state index in [0.717, 1.165) is 22.6 Å². The van der Waals surface area contributed by atoms with Crippen molar-refractivity contribution in [2.75, 3.05) is 23.8 Å². The molecule has 0 fully saturated rings. The molecular weight excluding hydrogens is 354 g/mol. The summed E-state index contributed by atoms with van der Waals surface area (Å²) in [5.74, 6) is -0.555. The highest BCUT2D eigenvalue weighted by atomic mass is 16.2. The van der Waals surface area contributed by atoms with Gasteiger partial charge in [0, 0.05) is 25.7 Å². The van der Waals surface area contributed by atoms with Gasteiger partial charge in [0.05, 0.1) is 11.4 Å². The topological polar surface area (TPSA) is 90.1 Å². The van der Waals surface area contributed by atoms with Gasteiger partial charge in [-0.2, -0.15) is 5.10 Å². The van der Waals surface area contributed by atoms with Crippen LogP contribution in [-0.2, 0) is 11.2 Å². The molecule has 7 nitrogen and oxygen atoms in total. The Hall–Kier alpha value is -3.61. The van der Waals surface area contributed by atoms with E-state index in [1.807, 2.05) is 54.6 Å². The van der Waals surface area contributed by atoms with Crippen molar-refractivity contribution < 1.29 is 9.59 Å². The lowest BCUT2D eigenvalue weighted by Crippen LogP contribution is -2.49. The number of aromatic amines is 1. The molecule has 28 heavy (non-hydrogen) atoms. The van der Waals surface area contributed by atoms with Crippen LogP contribution in [0.1, 0.15) is 21.7 Å². The number of carbonyl (C=O) groups is 2. The molecule has 0 radical (unpaired) electrons. The largest absolute Gasteiger partial charge is 0.381 e. The molecule has 3 N–H and O–H groups in total. The summed E-state index contributed by atoms with van der Waals surface area (Å²) in [5, 5.41) is 13.0. The Kier molecular flexibility index (Phi) is 4.80. The number of nitrogens with zero attached hydrogens (tertiary/aromatic N) is 2. The minimum absolute atomic E-state index is 0.175. The van der Waals surface area contributed by atoms with Gasteiger partial charge in [0.15, 0.2) is 0 Å². The Balaban J connectivity index is 1.45. The molecule has 0 aliphatic carbocycles. The fourth-order valence-electron chi connectivity index (χ4n) is 3.30. The van der Waals surface area contributed by atoms with E-state index in [2.05, 4.69) is 20.8 Å². The number of likely N-dealkylation sites (N-methyl/N-ethyl adjacent to an activating group) is 1. The number of benzene rings is 2. The third kappa shape index (κ3) is 3.59. The van der Waals surface area contributed by atoms with E-state index >= 15 is 0 Å². The van der Waals surface area contributed by atoms with Gasteiger partial charge in [-0.3, -0.25) is 14.7 Å². The molecule has 0 spiro atoms. The van der Waals surface area contributed by atoms with Gasteiger partial charge in [-0.1, -0.05) is 42.5 Å². The van der Waals surface area contributed by atoms with Crippen molar-refractivity contribution in [3.05, 3.63) is 77.6 Å². The number of hydrogen-bond donors (Lipinski definition) is 3. The molecule has 2 heterocycles. The summed E-state index contributed by atoms with van der Waals surface area (Å²) >= 11 is 0. The summed E-state index contributed by atoms with van der Waals surface area (Å²) in [6, 6.07) is 18.5. The molecule has 1 aliphatic heterocycles.